The largest absolute Gasteiger partial charge is 0.352 e. The van der Waals surface area contributed by atoms with E-state index in [1.54, 1.807) is 41.2 Å². The van der Waals surface area contributed by atoms with Crippen molar-refractivity contribution in [1.82, 2.24) is 19.5 Å². The maximum atomic E-state index is 14.4. The topological polar surface area (TPSA) is 75.6 Å². The lowest BCUT2D eigenvalue weighted by Gasteiger charge is -2.10. The van der Waals surface area contributed by atoms with Gasteiger partial charge in [0.05, 0.1) is 16.6 Å². The van der Waals surface area contributed by atoms with E-state index >= 15 is 0 Å². The predicted octanol–water partition coefficient (Wildman–Crippen LogP) is 3.17. The molecule has 6 nitrogen and oxygen atoms in total. The molecule has 2 aromatic heterocycles. The Morgan fingerprint density at radius 1 is 1.23 bits per heavy atom. The van der Waals surface area contributed by atoms with Gasteiger partial charge in [0, 0.05) is 18.9 Å². The lowest BCUT2D eigenvalue weighted by atomic mass is 10.2. The summed E-state index contributed by atoms with van der Waals surface area (Å²) in [7, 11) is 0. The lowest BCUT2D eigenvalue weighted by Crippen LogP contribution is -2.13. The molecule has 0 unspecified atom stereocenters. The number of para-hydroxylation sites is 1. The Balaban J connectivity index is 1.56. The summed E-state index contributed by atoms with van der Waals surface area (Å²) in [6.45, 7) is 2.15. The summed E-state index contributed by atoms with van der Waals surface area (Å²) in [5.41, 5.74) is 1.58. The van der Waals surface area contributed by atoms with Crippen molar-refractivity contribution in [3.63, 3.8) is 0 Å². The normalized spacial score (nSPS) is 11.0. The maximum absolute atomic E-state index is 14.4. The third kappa shape index (κ3) is 2.95. The molecule has 0 saturated carbocycles. The van der Waals surface area contributed by atoms with E-state index in [-0.39, 0.29) is 11.4 Å². The smallest absolute Gasteiger partial charge is 0.260 e. The fraction of sp³-hybridized carbons (Fsp3) is 0.105. The SMILES string of the molecule is Cc1nccn1-c1ccc(CNc2nc3ccccc3c(=O)[nH]2)cc1F. The highest BCUT2D eigenvalue weighted by atomic mass is 19.1. The molecule has 4 rings (SSSR count). The van der Waals surface area contributed by atoms with Crippen molar-refractivity contribution in [1.29, 1.82) is 0 Å². The number of H-pyrrole nitrogens is 1. The summed E-state index contributed by atoms with van der Waals surface area (Å²) >= 11 is 0. The molecule has 7 heteroatoms. The second kappa shape index (κ2) is 6.44. The molecule has 2 aromatic carbocycles. The van der Waals surface area contributed by atoms with Crippen molar-refractivity contribution in [2.75, 3.05) is 5.32 Å². The van der Waals surface area contributed by atoms with Gasteiger partial charge in [0.25, 0.3) is 5.56 Å². The maximum Gasteiger partial charge on any atom is 0.260 e. The molecule has 130 valence electrons. The van der Waals surface area contributed by atoms with Crippen molar-refractivity contribution in [2.45, 2.75) is 13.5 Å². The molecule has 26 heavy (non-hydrogen) atoms. The second-order valence-electron chi connectivity index (χ2n) is 5.92. The minimum absolute atomic E-state index is 0.213. The van der Waals surface area contributed by atoms with Crippen LogP contribution in [0, 0.1) is 12.7 Å². The van der Waals surface area contributed by atoms with Crippen LogP contribution in [-0.2, 0) is 6.54 Å². The van der Waals surface area contributed by atoms with E-state index in [9.17, 15) is 9.18 Å². The number of anilines is 1. The molecule has 0 aliphatic carbocycles. The van der Waals surface area contributed by atoms with Crippen LogP contribution in [0.2, 0.25) is 0 Å². The van der Waals surface area contributed by atoms with E-state index in [0.29, 0.717) is 34.9 Å². The first kappa shape index (κ1) is 16.0. The summed E-state index contributed by atoms with van der Waals surface area (Å²) in [6, 6.07) is 12.1. The molecule has 0 atom stereocenters. The summed E-state index contributed by atoms with van der Waals surface area (Å²) < 4.78 is 16.1. The van der Waals surface area contributed by atoms with E-state index in [0.717, 1.165) is 5.56 Å². The third-order valence-corrected chi connectivity index (χ3v) is 4.17. The van der Waals surface area contributed by atoms with Crippen LogP contribution in [0.4, 0.5) is 10.3 Å². The molecule has 0 amide bonds. The first-order valence-electron chi connectivity index (χ1n) is 8.13. The van der Waals surface area contributed by atoms with E-state index in [1.165, 1.54) is 6.07 Å². The minimum Gasteiger partial charge on any atom is -0.352 e. The molecule has 0 radical (unpaired) electrons. The van der Waals surface area contributed by atoms with Crippen molar-refractivity contribution < 1.29 is 4.39 Å². The van der Waals surface area contributed by atoms with Gasteiger partial charge < -0.3 is 9.88 Å². The highest BCUT2D eigenvalue weighted by molar-refractivity contribution is 5.78. The first-order chi connectivity index (χ1) is 12.6. The zero-order valence-corrected chi connectivity index (χ0v) is 14.0. The Morgan fingerprint density at radius 3 is 2.85 bits per heavy atom. The monoisotopic (exact) mass is 349 g/mol. The van der Waals surface area contributed by atoms with Crippen LogP contribution < -0.4 is 10.9 Å². The van der Waals surface area contributed by atoms with Gasteiger partial charge in [-0.15, -0.1) is 0 Å². The van der Waals surface area contributed by atoms with Crippen LogP contribution in [-0.4, -0.2) is 19.5 Å². The molecule has 0 aliphatic heterocycles. The number of hydrogen-bond acceptors (Lipinski definition) is 4. The Bertz CT molecular complexity index is 1150. The number of nitrogens with zero attached hydrogens (tertiary/aromatic N) is 3. The zero-order chi connectivity index (χ0) is 18.1. The molecule has 2 heterocycles. The highest BCUT2D eigenvalue weighted by Crippen LogP contribution is 2.17. The Morgan fingerprint density at radius 2 is 2.08 bits per heavy atom. The van der Waals surface area contributed by atoms with Crippen molar-refractivity contribution in [2.24, 2.45) is 0 Å². The standard InChI is InChI=1S/C19H16FN5O/c1-12-21-8-9-25(12)17-7-6-13(10-15(17)20)11-22-19-23-16-5-3-2-4-14(16)18(26)24-19/h2-10H,11H2,1H3,(H2,22,23,24,26). The quantitative estimate of drug-likeness (QED) is 0.593. The van der Waals surface area contributed by atoms with Gasteiger partial charge in [-0.2, -0.15) is 0 Å². The number of benzene rings is 2. The van der Waals surface area contributed by atoms with Gasteiger partial charge in [-0.3, -0.25) is 9.78 Å². The number of aromatic nitrogens is 4. The second-order valence-corrected chi connectivity index (χ2v) is 5.92. The average molecular weight is 349 g/mol. The van der Waals surface area contributed by atoms with Gasteiger partial charge in [-0.1, -0.05) is 18.2 Å². The van der Waals surface area contributed by atoms with Crippen LogP contribution in [0.1, 0.15) is 11.4 Å². The fourth-order valence-electron chi connectivity index (χ4n) is 2.84. The third-order valence-electron chi connectivity index (χ3n) is 4.17. The number of rotatable bonds is 4. The van der Waals surface area contributed by atoms with Crippen LogP contribution in [0.5, 0.6) is 0 Å². The van der Waals surface area contributed by atoms with Gasteiger partial charge in [-0.05, 0) is 36.8 Å². The number of hydrogen-bond donors (Lipinski definition) is 2. The van der Waals surface area contributed by atoms with Crippen LogP contribution in [0.25, 0.3) is 16.6 Å². The summed E-state index contributed by atoms with van der Waals surface area (Å²) in [6.07, 6.45) is 3.35. The van der Waals surface area contributed by atoms with E-state index in [1.807, 2.05) is 19.1 Å². The molecule has 2 N–H and O–H groups in total. The van der Waals surface area contributed by atoms with E-state index < -0.39 is 0 Å². The van der Waals surface area contributed by atoms with Gasteiger partial charge in [0.1, 0.15) is 11.6 Å². The molecule has 0 fully saturated rings. The number of fused-ring (bicyclic) bond motifs is 1. The van der Waals surface area contributed by atoms with Crippen molar-refractivity contribution >= 4 is 16.9 Å². The number of nitrogens with one attached hydrogen (secondary N) is 2. The molecule has 0 saturated heterocycles. The molecule has 0 bridgehead atoms. The molecular weight excluding hydrogens is 333 g/mol. The van der Waals surface area contributed by atoms with Crippen LogP contribution in [0.3, 0.4) is 0 Å². The molecule has 4 aromatic rings. The Hall–Kier alpha value is -3.48. The van der Waals surface area contributed by atoms with Gasteiger partial charge in [0.15, 0.2) is 0 Å². The predicted molar refractivity (Wildman–Crippen MR) is 97.9 cm³/mol. The van der Waals surface area contributed by atoms with Crippen LogP contribution in [0.15, 0.2) is 59.7 Å². The van der Waals surface area contributed by atoms with Gasteiger partial charge >= 0.3 is 0 Å². The van der Waals surface area contributed by atoms with Crippen molar-refractivity contribution in [3.05, 3.63) is 82.4 Å². The fourth-order valence-corrected chi connectivity index (χ4v) is 2.84. The number of halogens is 1. The molecule has 0 spiro atoms. The van der Waals surface area contributed by atoms with E-state index in [2.05, 4.69) is 20.3 Å². The summed E-state index contributed by atoms with van der Waals surface area (Å²) in [4.78, 5) is 23.2. The Kier molecular flexibility index (Phi) is 3.96. The highest BCUT2D eigenvalue weighted by Gasteiger charge is 2.08. The van der Waals surface area contributed by atoms with Gasteiger partial charge in [-0.25, -0.2) is 14.4 Å². The Labute approximate surface area is 148 Å². The summed E-state index contributed by atoms with van der Waals surface area (Å²) in [5, 5.41) is 3.57. The average Bonchev–Trinajstić information content (AvgIpc) is 3.06. The summed E-state index contributed by atoms with van der Waals surface area (Å²) in [5.74, 6) is 0.724. The lowest BCUT2D eigenvalue weighted by molar-refractivity contribution is 0.614. The minimum atomic E-state index is -0.342. The number of aryl methyl sites for hydroxylation is 1. The first-order valence-corrected chi connectivity index (χ1v) is 8.13. The number of imidazole rings is 1. The number of aromatic amines is 1. The molecule has 0 aliphatic rings. The zero-order valence-electron chi connectivity index (χ0n) is 14.0. The van der Waals surface area contributed by atoms with E-state index in [4.69, 9.17) is 0 Å². The van der Waals surface area contributed by atoms with Crippen molar-refractivity contribution in [3.8, 4) is 5.69 Å². The molecular formula is C19H16FN5O. The van der Waals surface area contributed by atoms with Gasteiger partial charge in [0.2, 0.25) is 5.95 Å². The van der Waals surface area contributed by atoms with Crippen LogP contribution >= 0.6 is 0 Å².